The van der Waals surface area contributed by atoms with Crippen LogP contribution in [0.1, 0.15) is 12.8 Å². The summed E-state index contributed by atoms with van der Waals surface area (Å²) in [5.74, 6) is 0.557. The third kappa shape index (κ3) is 3.41. The average Bonchev–Trinajstić information content (AvgIpc) is 3.07. The molecule has 2 aromatic rings. The van der Waals surface area contributed by atoms with Crippen LogP contribution in [-0.4, -0.2) is 28.7 Å². The second kappa shape index (κ2) is 6.71. The molecule has 108 valence electrons. The van der Waals surface area contributed by atoms with Gasteiger partial charge in [0.15, 0.2) is 5.82 Å². The van der Waals surface area contributed by atoms with E-state index in [0.717, 1.165) is 33.7 Å². The number of hydrogen-bond acceptors (Lipinski definition) is 4. The number of nitrogens with one attached hydrogen (secondary N) is 3. The van der Waals surface area contributed by atoms with E-state index >= 15 is 0 Å². The van der Waals surface area contributed by atoms with Crippen LogP contribution >= 0.6 is 39.7 Å². The first-order valence-corrected chi connectivity index (χ1v) is 7.69. The molecule has 3 rings (SSSR count). The highest BCUT2D eigenvalue weighted by Gasteiger charge is 2.22. The molecule has 8 heteroatoms. The zero-order valence-corrected chi connectivity index (χ0v) is 13.7. The maximum absolute atomic E-state index is 11.9. The van der Waals surface area contributed by atoms with Gasteiger partial charge in [0.2, 0.25) is 5.91 Å². The summed E-state index contributed by atoms with van der Waals surface area (Å²) < 4.78 is 1.07. The molecule has 0 bridgehead atoms. The summed E-state index contributed by atoms with van der Waals surface area (Å²) in [7, 11) is 0. The van der Waals surface area contributed by atoms with Crippen molar-refractivity contribution < 1.29 is 4.79 Å². The van der Waals surface area contributed by atoms with E-state index in [1.165, 1.54) is 0 Å². The van der Waals surface area contributed by atoms with Crippen LogP contribution in [0.15, 0.2) is 22.0 Å². The standard InChI is InChI=1S/C12H13BrN4OS.ClH/c13-10-4-3-9(19-10)8-6-11(17-16-8)15-12(18)7-2-1-5-14-7;/h3-4,6-7,14H,1-2,5H2,(H2,15,16,17,18);1H. The van der Waals surface area contributed by atoms with E-state index in [-0.39, 0.29) is 24.4 Å². The second-order valence-electron chi connectivity index (χ2n) is 4.41. The van der Waals surface area contributed by atoms with Gasteiger partial charge < -0.3 is 10.6 Å². The van der Waals surface area contributed by atoms with E-state index < -0.39 is 0 Å². The van der Waals surface area contributed by atoms with Gasteiger partial charge in [-0.05, 0) is 47.4 Å². The van der Waals surface area contributed by atoms with Crippen molar-refractivity contribution in [3.63, 3.8) is 0 Å². The van der Waals surface area contributed by atoms with Gasteiger partial charge in [0, 0.05) is 6.07 Å². The van der Waals surface area contributed by atoms with Gasteiger partial charge in [-0.15, -0.1) is 23.7 Å². The first-order valence-electron chi connectivity index (χ1n) is 6.08. The first kappa shape index (κ1) is 15.5. The molecular weight excluding hydrogens is 364 g/mol. The quantitative estimate of drug-likeness (QED) is 0.770. The van der Waals surface area contributed by atoms with E-state index in [9.17, 15) is 4.79 Å². The Morgan fingerprint density at radius 2 is 2.35 bits per heavy atom. The number of halogens is 2. The molecule has 1 aliphatic rings. The predicted octanol–water partition coefficient (Wildman–Crippen LogP) is 3.01. The van der Waals surface area contributed by atoms with Gasteiger partial charge in [0.25, 0.3) is 0 Å². The van der Waals surface area contributed by atoms with Crippen molar-refractivity contribution in [1.82, 2.24) is 15.5 Å². The SMILES string of the molecule is Cl.O=C(Nc1cc(-c2ccc(Br)s2)[nH]n1)C1CCCN1. The number of rotatable bonds is 3. The van der Waals surface area contributed by atoms with Gasteiger partial charge in [0.1, 0.15) is 0 Å². The lowest BCUT2D eigenvalue weighted by Gasteiger charge is -2.08. The molecule has 5 nitrogen and oxygen atoms in total. The molecule has 1 saturated heterocycles. The third-order valence-electron chi connectivity index (χ3n) is 3.04. The topological polar surface area (TPSA) is 69.8 Å². The van der Waals surface area contributed by atoms with Crippen molar-refractivity contribution in [3.05, 3.63) is 22.0 Å². The fourth-order valence-corrected chi connectivity index (χ4v) is 3.44. The Labute approximate surface area is 135 Å². The number of aromatic nitrogens is 2. The van der Waals surface area contributed by atoms with Crippen molar-refractivity contribution in [2.45, 2.75) is 18.9 Å². The summed E-state index contributed by atoms with van der Waals surface area (Å²) >= 11 is 5.05. The molecule has 1 amide bonds. The number of H-pyrrole nitrogens is 1. The Balaban J connectivity index is 0.00000147. The maximum atomic E-state index is 11.9. The Kier molecular flexibility index (Phi) is 5.20. The molecule has 3 heterocycles. The first-order chi connectivity index (χ1) is 9.22. The number of anilines is 1. The third-order valence-corrected chi connectivity index (χ3v) is 4.70. The number of aromatic amines is 1. The zero-order valence-electron chi connectivity index (χ0n) is 10.5. The zero-order chi connectivity index (χ0) is 13.2. The molecule has 0 saturated carbocycles. The predicted molar refractivity (Wildman–Crippen MR) is 86.5 cm³/mol. The molecule has 20 heavy (non-hydrogen) atoms. The van der Waals surface area contributed by atoms with E-state index in [2.05, 4.69) is 36.8 Å². The van der Waals surface area contributed by atoms with Crippen LogP contribution in [0.25, 0.3) is 10.6 Å². The summed E-state index contributed by atoms with van der Waals surface area (Å²) in [5.41, 5.74) is 0.908. The van der Waals surface area contributed by atoms with Gasteiger partial charge in [-0.3, -0.25) is 9.89 Å². The van der Waals surface area contributed by atoms with Crippen LogP contribution in [0.3, 0.4) is 0 Å². The molecular formula is C12H14BrClN4OS. The number of thiophene rings is 1. The van der Waals surface area contributed by atoms with E-state index in [4.69, 9.17) is 0 Å². The minimum absolute atomic E-state index is 0. The molecule has 3 N–H and O–H groups in total. The summed E-state index contributed by atoms with van der Waals surface area (Å²) in [5, 5.41) is 13.0. The minimum Gasteiger partial charge on any atom is -0.308 e. The molecule has 0 radical (unpaired) electrons. The number of hydrogen-bond donors (Lipinski definition) is 3. The Hall–Kier alpha value is -0.890. The Morgan fingerprint density at radius 1 is 1.50 bits per heavy atom. The van der Waals surface area contributed by atoms with Crippen molar-refractivity contribution in [2.75, 3.05) is 11.9 Å². The second-order valence-corrected chi connectivity index (χ2v) is 6.87. The normalized spacial score (nSPS) is 17.8. The van der Waals surface area contributed by atoms with Crippen LogP contribution in [-0.2, 0) is 4.79 Å². The van der Waals surface area contributed by atoms with Crippen molar-refractivity contribution in [1.29, 1.82) is 0 Å². The van der Waals surface area contributed by atoms with Gasteiger partial charge in [-0.1, -0.05) is 0 Å². The lowest BCUT2D eigenvalue weighted by molar-refractivity contribution is -0.117. The van der Waals surface area contributed by atoms with Crippen LogP contribution in [0, 0.1) is 0 Å². The van der Waals surface area contributed by atoms with E-state index in [1.807, 2.05) is 18.2 Å². The molecule has 0 aliphatic carbocycles. The largest absolute Gasteiger partial charge is 0.308 e. The molecule has 0 aromatic carbocycles. The summed E-state index contributed by atoms with van der Waals surface area (Å²) in [6.07, 6.45) is 1.94. The molecule has 2 aromatic heterocycles. The molecule has 1 fully saturated rings. The van der Waals surface area contributed by atoms with Crippen LogP contribution in [0.2, 0.25) is 0 Å². The average molecular weight is 378 g/mol. The molecule has 0 spiro atoms. The number of nitrogens with zero attached hydrogens (tertiary/aromatic N) is 1. The molecule has 1 atom stereocenters. The fourth-order valence-electron chi connectivity index (χ4n) is 2.09. The fraction of sp³-hybridized carbons (Fsp3) is 0.333. The van der Waals surface area contributed by atoms with Crippen molar-refractivity contribution in [3.8, 4) is 10.6 Å². The number of amides is 1. The number of carbonyl (C=O) groups excluding carboxylic acids is 1. The molecule has 1 unspecified atom stereocenters. The Bertz CT molecular complexity index is 594. The lowest BCUT2D eigenvalue weighted by Crippen LogP contribution is -2.35. The van der Waals surface area contributed by atoms with E-state index in [0.29, 0.717) is 5.82 Å². The minimum atomic E-state index is -0.0870. The summed E-state index contributed by atoms with van der Waals surface area (Å²) in [6.45, 7) is 0.910. The summed E-state index contributed by atoms with van der Waals surface area (Å²) in [4.78, 5) is 13.0. The van der Waals surface area contributed by atoms with Crippen LogP contribution < -0.4 is 10.6 Å². The van der Waals surface area contributed by atoms with Crippen molar-refractivity contribution >= 4 is 51.4 Å². The summed E-state index contributed by atoms with van der Waals surface area (Å²) in [6, 6.07) is 5.76. The highest BCUT2D eigenvalue weighted by Crippen LogP contribution is 2.30. The van der Waals surface area contributed by atoms with Gasteiger partial charge in [-0.2, -0.15) is 5.10 Å². The van der Waals surface area contributed by atoms with Gasteiger partial charge in [-0.25, -0.2) is 0 Å². The molecule has 1 aliphatic heterocycles. The highest BCUT2D eigenvalue weighted by molar-refractivity contribution is 9.11. The van der Waals surface area contributed by atoms with Crippen molar-refractivity contribution in [2.24, 2.45) is 0 Å². The smallest absolute Gasteiger partial charge is 0.242 e. The van der Waals surface area contributed by atoms with Crippen LogP contribution in [0.4, 0.5) is 5.82 Å². The van der Waals surface area contributed by atoms with Gasteiger partial charge >= 0.3 is 0 Å². The van der Waals surface area contributed by atoms with Gasteiger partial charge in [0.05, 0.1) is 20.4 Å². The highest BCUT2D eigenvalue weighted by atomic mass is 79.9. The Morgan fingerprint density at radius 3 is 3.00 bits per heavy atom. The monoisotopic (exact) mass is 376 g/mol. The van der Waals surface area contributed by atoms with E-state index in [1.54, 1.807) is 11.3 Å². The van der Waals surface area contributed by atoms with Crippen LogP contribution in [0.5, 0.6) is 0 Å². The number of carbonyl (C=O) groups is 1. The lowest BCUT2D eigenvalue weighted by atomic mass is 10.2. The maximum Gasteiger partial charge on any atom is 0.242 e.